The van der Waals surface area contributed by atoms with Gasteiger partial charge >= 0.3 is 0 Å². The summed E-state index contributed by atoms with van der Waals surface area (Å²) in [7, 11) is 1.56. The van der Waals surface area contributed by atoms with Crippen molar-refractivity contribution in [1.29, 1.82) is 0 Å². The van der Waals surface area contributed by atoms with E-state index >= 15 is 0 Å². The quantitative estimate of drug-likeness (QED) is 0.680. The minimum atomic E-state index is -0.393. The molecule has 2 saturated carbocycles. The van der Waals surface area contributed by atoms with E-state index in [0.717, 1.165) is 56.9 Å². The molecular weight excluding hydrogens is 433 g/mol. The number of nitrogens with one attached hydrogen (secondary N) is 1. The SMILES string of the molecule is COc1cc(F)cc2c(C(=O)N[C@@H]3C(C)(C)C4CC[C@@]3(C)C4)c(C)n(CCN3CCOCC3)c12. The number of morpholine rings is 1. The van der Waals surface area contributed by atoms with Gasteiger partial charge in [-0.3, -0.25) is 9.69 Å². The Hall–Kier alpha value is -2.12. The van der Waals surface area contributed by atoms with Crippen LogP contribution in [0.4, 0.5) is 4.39 Å². The lowest BCUT2D eigenvalue weighted by molar-refractivity contribution is 0.0364. The summed E-state index contributed by atoms with van der Waals surface area (Å²) in [6, 6.07) is 3.00. The Morgan fingerprint density at radius 3 is 2.62 bits per heavy atom. The van der Waals surface area contributed by atoms with Crippen LogP contribution in [0.15, 0.2) is 12.1 Å². The van der Waals surface area contributed by atoms with E-state index in [1.807, 2.05) is 6.92 Å². The Bertz CT molecular complexity index is 1100. The Kier molecular flexibility index (Phi) is 5.92. The molecule has 2 bridgehead atoms. The topological polar surface area (TPSA) is 55.7 Å². The first kappa shape index (κ1) is 23.6. The van der Waals surface area contributed by atoms with Crippen molar-refractivity contribution < 1.29 is 18.7 Å². The zero-order valence-corrected chi connectivity index (χ0v) is 21.2. The fraction of sp³-hybridized carbons (Fsp3) is 0.667. The summed E-state index contributed by atoms with van der Waals surface area (Å²) < 4.78 is 27.8. The van der Waals surface area contributed by atoms with Gasteiger partial charge in [-0.2, -0.15) is 0 Å². The van der Waals surface area contributed by atoms with Gasteiger partial charge in [0.2, 0.25) is 0 Å². The first-order valence-corrected chi connectivity index (χ1v) is 12.6. The van der Waals surface area contributed by atoms with Gasteiger partial charge in [-0.05, 0) is 49.0 Å². The number of amides is 1. The molecule has 186 valence electrons. The molecule has 3 fully saturated rings. The van der Waals surface area contributed by atoms with E-state index in [-0.39, 0.29) is 22.8 Å². The molecule has 3 aliphatic rings. The number of halogens is 1. The van der Waals surface area contributed by atoms with Gasteiger partial charge in [0.15, 0.2) is 0 Å². The van der Waals surface area contributed by atoms with Crippen molar-refractivity contribution in [3.63, 3.8) is 0 Å². The normalized spacial score (nSPS) is 28.5. The summed E-state index contributed by atoms with van der Waals surface area (Å²) in [5.41, 5.74) is 2.38. The average Bonchev–Trinajstić information content (AvgIpc) is 3.39. The average molecular weight is 472 g/mol. The van der Waals surface area contributed by atoms with Crippen LogP contribution in [0.3, 0.4) is 0 Å². The third-order valence-electron chi connectivity index (χ3n) is 9.08. The third-order valence-corrected chi connectivity index (χ3v) is 9.08. The second-order valence-corrected chi connectivity index (χ2v) is 11.4. The number of ether oxygens (including phenoxy) is 2. The molecule has 1 N–H and O–H groups in total. The Morgan fingerprint density at radius 1 is 1.24 bits per heavy atom. The highest BCUT2D eigenvalue weighted by atomic mass is 19.1. The molecule has 1 amide bonds. The predicted molar refractivity (Wildman–Crippen MR) is 131 cm³/mol. The van der Waals surface area contributed by atoms with E-state index in [1.54, 1.807) is 7.11 Å². The molecule has 2 aliphatic carbocycles. The fourth-order valence-corrected chi connectivity index (χ4v) is 7.19. The maximum absolute atomic E-state index is 14.6. The van der Waals surface area contributed by atoms with Gasteiger partial charge in [-0.1, -0.05) is 20.8 Å². The Balaban J connectivity index is 1.52. The fourth-order valence-electron chi connectivity index (χ4n) is 7.19. The van der Waals surface area contributed by atoms with Gasteiger partial charge < -0.3 is 19.4 Å². The molecule has 3 atom stereocenters. The van der Waals surface area contributed by atoms with Crippen molar-refractivity contribution in [3.05, 3.63) is 29.2 Å². The predicted octanol–water partition coefficient (Wildman–Crippen LogP) is 4.37. The molecule has 0 spiro atoms. The van der Waals surface area contributed by atoms with Crippen molar-refractivity contribution in [2.75, 3.05) is 40.0 Å². The van der Waals surface area contributed by atoms with Gasteiger partial charge in [-0.15, -0.1) is 0 Å². The number of hydrogen-bond donors (Lipinski definition) is 1. The zero-order chi connectivity index (χ0) is 24.3. The van der Waals surface area contributed by atoms with Crippen molar-refractivity contribution in [2.24, 2.45) is 16.7 Å². The number of hydrogen-bond acceptors (Lipinski definition) is 4. The van der Waals surface area contributed by atoms with Crippen LogP contribution in [0.5, 0.6) is 5.75 Å². The zero-order valence-electron chi connectivity index (χ0n) is 21.2. The molecule has 6 nitrogen and oxygen atoms in total. The molecular formula is C27H38FN3O3. The third kappa shape index (κ3) is 3.72. The molecule has 2 aromatic rings. The van der Waals surface area contributed by atoms with Gasteiger partial charge in [0.05, 0.1) is 31.4 Å². The number of benzene rings is 1. The van der Waals surface area contributed by atoms with Gasteiger partial charge in [-0.25, -0.2) is 4.39 Å². The van der Waals surface area contributed by atoms with Crippen molar-refractivity contribution in [2.45, 2.75) is 59.5 Å². The number of carbonyl (C=O) groups excluding carboxylic acids is 1. The Labute approximate surface area is 201 Å². The molecule has 7 heteroatoms. The van der Waals surface area contributed by atoms with E-state index in [0.29, 0.717) is 29.2 Å². The van der Waals surface area contributed by atoms with Crippen LogP contribution in [0, 0.1) is 29.5 Å². The van der Waals surface area contributed by atoms with Crippen LogP contribution in [-0.4, -0.2) is 61.4 Å². The largest absolute Gasteiger partial charge is 0.494 e. The lowest BCUT2D eigenvalue weighted by Crippen LogP contribution is -2.52. The van der Waals surface area contributed by atoms with Gasteiger partial charge in [0.1, 0.15) is 11.6 Å². The highest BCUT2D eigenvalue weighted by Gasteiger charge is 2.59. The lowest BCUT2D eigenvalue weighted by atomic mass is 9.68. The summed E-state index contributed by atoms with van der Waals surface area (Å²) in [4.78, 5) is 16.2. The molecule has 1 aromatic carbocycles. The van der Waals surface area contributed by atoms with Crippen LogP contribution in [0.1, 0.15) is 56.1 Å². The van der Waals surface area contributed by atoms with Gasteiger partial charge in [0, 0.05) is 49.4 Å². The highest BCUT2D eigenvalue weighted by molar-refractivity contribution is 6.10. The lowest BCUT2D eigenvalue weighted by Gasteiger charge is -2.43. The van der Waals surface area contributed by atoms with Crippen molar-refractivity contribution in [1.82, 2.24) is 14.8 Å². The highest BCUT2D eigenvalue weighted by Crippen LogP contribution is 2.62. The molecule has 0 radical (unpaired) electrons. The molecule has 1 saturated heterocycles. The van der Waals surface area contributed by atoms with E-state index in [2.05, 4.69) is 35.6 Å². The van der Waals surface area contributed by atoms with Crippen LogP contribution in [-0.2, 0) is 11.3 Å². The second kappa shape index (κ2) is 8.52. The van der Waals surface area contributed by atoms with Gasteiger partial charge in [0.25, 0.3) is 5.91 Å². The van der Waals surface area contributed by atoms with Crippen molar-refractivity contribution >= 4 is 16.8 Å². The van der Waals surface area contributed by atoms with E-state index in [4.69, 9.17) is 9.47 Å². The second-order valence-electron chi connectivity index (χ2n) is 11.4. The maximum Gasteiger partial charge on any atom is 0.253 e. The molecule has 1 aromatic heterocycles. The van der Waals surface area contributed by atoms with E-state index < -0.39 is 5.82 Å². The minimum absolute atomic E-state index is 0.0498. The first-order valence-electron chi connectivity index (χ1n) is 12.6. The number of fused-ring (bicyclic) bond motifs is 3. The van der Waals surface area contributed by atoms with Crippen molar-refractivity contribution in [3.8, 4) is 5.75 Å². The number of carbonyl (C=O) groups is 1. The molecule has 1 unspecified atom stereocenters. The van der Waals surface area contributed by atoms with Crippen LogP contribution < -0.4 is 10.1 Å². The van der Waals surface area contributed by atoms with E-state index in [1.165, 1.54) is 18.6 Å². The van der Waals surface area contributed by atoms with Crippen LogP contribution in [0.25, 0.3) is 10.9 Å². The van der Waals surface area contributed by atoms with E-state index in [9.17, 15) is 9.18 Å². The number of nitrogens with zero attached hydrogens (tertiary/aromatic N) is 2. The minimum Gasteiger partial charge on any atom is -0.494 e. The summed E-state index contributed by atoms with van der Waals surface area (Å²) in [5, 5.41) is 4.05. The van der Waals surface area contributed by atoms with Crippen LogP contribution >= 0.6 is 0 Å². The summed E-state index contributed by atoms with van der Waals surface area (Å²) >= 11 is 0. The molecule has 34 heavy (non-hydrogen) atoms. The number of aromatic nitrogens is 1. The monoisotopic (exact) mass is 471 g/mol. The molecule has 1 aliphatic heterocycles. The summed E-state index contributed by atoms with van der Waals surface area (Å²) in [5.74, 6) is 0.603. The Morgan fingerprint density at radius 2 is 1.97 bits per heavy atom. The first-order chi connectivity index (χ1) is 16.2. The number of rotatable bonds is 6. The van der Waals surface area contributed by atoms with Crippen LogP contribution in [0.2, 0.25) is 0 Å². The number of methoxy groups -OCH3 is 1. The molecule has 5 rings (SSSR count). The maximum atomic E-state index is 14.6. The standard InChI is InChI=1S/C27H38FN3O3/c1-17-22(24(32)29-25-26(2,3)18-6-7-27(25,4)16-18)20-14-19(28)15-21(33-5)23(20)31(17)9-8-30-10-12-34-13-11-30/h14-15,18,25H,6-13,16H2,1-5H3,(H,29,32)/t18?,25-,27+/m1/s1. The summed E-state index contributed by atoms with van der Waals surface area (Å²) in [6.07, 6.45) is 3.54. The smallest absolute Gasteiger partial charge is 0.253 e. The summed E-state index contributed by atoms with van der Waals surface area (Å²) in [6.45, 7) is 13.7. The molecule has 2 heterocycles.